The molecule has 1 unspecified atom stereocenters. The van der Waals surface area contributed by atoms with Gasteiger partial charge in [0.2, 0.25) is 5.91 Å². The first-order chi connectivity index (χ1) is 9.80. The molecular weight excluding hydrogens is 266 g/mol. The van der Waals surface area contributed by atoms with E-state index in [9.17, 15) is 14.7 Å². The number of amides is 1. The summed E-state index contributed by atoms with van der Waals surface area (Å²) in [6.07, 6.45) is 0. The zero-order valence-electron chi connectivity index (χ0n) is 12.4. The van der Waals surface area contributed by atoms with Crippen molar-refractivity contribution in [1.29, 1.82) is 0 Å². The normalized spacial score (nSPS) is 12.9. The summed E-state index contributed by atoms with van der Waals surface area (Å²) in [7, 11) is 0. The monoisotopic (exact) mass is 285 g/mol. The summed E-state index contributed by atoms with van der Waals surface area (Å²) in [6.45, 7) is 5.23. The summed E-state index contributed by atoms with van der Waals surface area (Å²) in [5.41, 5.74) is -0.0193. The van der Waals surface area contributed by atoms with E-state index in [0.717, 1.165) is 10.8 Å². The van der Waals surface area contributed by atoms with Crippen molar-refractivity contribution in [3.63, 3.8) is 0 Å². The van der Waals surface area contributed by atoms with Crippen molar-refractivity contribution in [3.8, 4) is 0 Å². The van der Waals surface area contributed by atoms with E-state index in [0.29, 0.717) is 5.69 Å². The molecule has 0 heterocycles. The minimum absolute atomic E-state index is 0.494. The molecule has 0 aromatic heterocycles. The molecular formula is C17H19NO3. The highest BCUT2D eigenvalue weighted by Crippen LogP contribution is 2.29. The fourth-order valence-electron chi connectivity index (χ4n) is 2.42. The van der Waals surface area contributed by atoms with E-state index in [1.165, 1.54) is 0 Å². The van der Waals surface area contributed by atoms with Gasteiger partial charge in [-0.25, -0.2) is 0 Å². The van der Waals surface area contributed by atoms with Crippen LogP contribution in [0.15, 0.2) is 42.5 Å². The Labute approximate surface area is 123 Å². The Kier molecular flexibility index (Phi) is 3.98. The van der Waals surface area contributed by atoms with Crippen molar-refractivity contribution >= 4 is 28.3 Å². The largest absolute Gasteiger partial charge is 0.481 e. The molecule has 0 spiro atoms. The summed E-state index contributed by atoms with van der Waals surface area (Å²) in [4.78, 5) is 23.7. The number of anilines is 1. The first-order valence-electron chi connectivity index (χ1n) is 6.82. The standard InChI is InChI=1S/C17H19NO3/c1-17(2,3)14(16(20)21)15(19)18-13-10-6-8-11-7-4-5-9-12(11)13/h4-10,14H,1-3H3,(H,18,19)(H,20,21). The van der Waals surface area contributed by atoms with Crippen LogP contribution in [0.5, 0.6) is 0 Å². The lowest BCUT2D eigenvalue weighted by atomic mass is 9.80. The number of hydrogen-bond acceptors (Lipinski definition) is 2. The Morgan fingerprint density at radius 1 is 1.05 bits per heavy atom. The lowest BCUT2D eigenvalue weighted by Gasteiger charge is -2.26. The highest BCUT2D eigenvalue weighted by atomic mass is 16.4. The molecule has 0 aliphatic heterocycles. The van der Waals surface area contributed by atoms with Crippen LogP contribution in [-0.2, 0) is 9.59 Å². The summed E-state index contributed by atoms with van der Waals surface area (Å²) < 4.78 is 0. The van der Waals surface area contributed by atoms with Crippen LogP contribution in [0.4, 0.5) is 5.69 Å². The van der Waals surface area contributed by atoms with Gasteiger partial charge >= 0.3 is 5.97 Å². The second kappa shape index (κ2) is 5.56. The highest BCUT2D eigenvalue weighted by molar-refractivity contribution is 6.08. The number of carbonyl (C=O) groups excluding carboxylic acids is 1. The predicted octanol–water partition coefficient (Wildman–Crippen LogP) is 3.53. The van der Waals surface area contributed by atoms with Gasteiger partial charge in [-0.3, -0.25) is 9.59 Å². The quantitative estimate of drug-likeness (QED) is 0.848. The van der Waals surface area contributed by atoms with Crippen LogP contribution in [0.25, 0.3) is 10.8 Å². The van der Waals surface area contributed by atoms with E-state index < -0.39 is 23.2 Å². The summed E-state index contributed by atoms with van der Waals surface area (Å²) in [6, 6.07) is 13.2. The Bertz CT molecular complexity index is 680. The van der Waals surface area contributed by atoms with Gasteiger partial charge in [-0.1, -0.05) is 57.2 Å². The predicted molar refractivity (Wildman–Crippen MR) is 83.2 cm³/mol. The summed E-state index contributed by atoms with van der Waals surface area (Å²) in [5, 5.41) is 14.0. The zero-order valence-corrected chi connectivity index (χ0v) is 12.4. The molecule has 0 radical (unpaired) electrons. The van der Waals surface area contributed by atoms with Gasteiger partial charge in [0.1, 0.15) is 5.92 Å². The Morgan fingerprint density at radius 2 is 1.67 bits per heavy atom. The lowest BCUT2D eigenvalue weighted by molar-refractivity contribution is -0.149. The molecule has 1 amide bonds. The van der Waals surface area contributed by atoms with Crippen LogP contribution in [0, 0.1) is 11.3 Å². The smallest absolute Gasteiger partial charge is 0.316 e. The molecule has 0 bridgehead atoms. The maximum atomic E-state index is 12.4. The van der Waals surface area contributed by atoms with E-state index >= 15 is 0 Å². The first kappa shape index (κ1) is 15.0. The molecule has 0 aliphatic carbocycles. The number of aliphatic carboxylic acids is 1. The van der Waals surface area contributed by atoms with Crippen molar-refractivity contribution in [1.82, 2.24) is 0 Å². The molecule has 0 saturated carbocycles. The number of rotatable bonds is 3. The van der Waals surface area contributed by atoms with Gasteiger partial charge in [0.05, 0.1) is 0 Å². The third kappa shape index (κ3) is 3.21. The van der Waals surface area contributed by atoms with Crippen LogP contribution in [-0.4, -0.2) is 17.0 Å². The summed E-state index contributed by atoms with van der Waals surface area (Å²) >= 11 is 0. The van der Waals surface area contributed by atoms with Gasteiger partial charge in [-0.05, 0) is 16.9 Å². The molecule has 2 aromatic carbocycles. The Hall–Kier alpha value is -2.36. The molecule has 4 nitrogen and oxygen atoms in total. The van der Waals surface area contributed by atoms with Gasteiger partial charge in [0.15, 0.2) is 0 Å². The lowest BCUT2D eigenvalue weighted by Crippen LogP contribution is -2.39. The average Bonchev–Trinajstić information content (AvgIpc) is 2.37. The van der Waals surface area contributed by atoms with E-state index in [1.807, 2.05) is 36.4 Å². The third-order valence-corrected chi connectivity index (χ3v) is 3.42. The molecule has 110 valence electrons. The average molecular weight is 285 g/mol. The fraction of sp³-hybridized carbons (Fsp3) is 0.294. The van der Waals surface area contributed by atoms with Crippen LogP contribution in [0.2, 0.25) is 0 Å². The maximum absolute atomic E-state index is 12.4. The second-order valence-corrected chi connectivity index (χ2v) is 6.15. The molecule has 2 rings (SSSR count). The minimum atomic E-state index is -1.11. The van der Waals surface area contributed by atoms with E-state index in [1.54, 1.807) is 26.8 Å². The van der Waals surface area contributed by atoms with Crippen LogP contribution in [0.3, 0.4) is 0 Å². The van der Waals surface area contributed by atoms with E-state index in [2.05, 4.69) is 5.32 Å². The van der Waals surface area contributed by atoms with E-state index in [-0.39, 0.29) is 0 Å². The highest BCUT2D eigenvalue weighted by Gasteiger charge is 2.37. The molecule has 1 atom stereocenters. The number of nitrogens with one attached hydrogen (secondary N) is 1. The first-order valence-corrected chi connectivity index (χ1v) is 6.82. The van der Waals surface area contributed by atoms with Gasteiger partial charge in [0.25, 0.3) is 0 Å². The van der Waals surface area contributed by atoms with Gasteiger partial charge < -0.3 is 10.4 Å². The van der Waals surface area contributed by atoms with Crippen LogP contribution < -0.4 is 5.32 Å². The minimum Gasteiger partial charge on any atom is -0.481 e. The number of fused-ring (bicyclic) bond motifs is 1. The SMILES string of the molecule is CC(C)(C)C(C(=O)O)C(=O)Nc1cccc2ccccc12. The van der Waals surface area contributed by atoms with Crippen molar-refractivity contribution in [2.75, 3.05) is 5.32 Å². The molecule has 2 aromatic rings. The third-order valence-electron chi connectivity index (χ3n) is 3.42. The van der Waals surface area contributed by atoms with Crippen LogP contribution in [0.1, 0.15) is 20.8 Å². The molecule has 2 N–H and O–H groups in total. The Morgan fingerprint density at radius 3 is 2.29 bits per heavy atom. The Balaban J connectivity index is 2.35. The number of hydrogen-bond donors (Lipinski definition) is 2. The van der Waals surface area contributed by atoms with Crippen molar-refractivity contribution in [3.05, 3.63) is 42.5 Å². The van der Waals surface area contributed by atoms with Crippen molar-refractivity contribution in [2.45, 2.75) is 20.8 Å². The van der Waals surface area contributed by atoms with Gasteiger partial charge in [-0.15, -0.1) is 0 Å². The topological polar surface area (TPSA) is 66.4 Å². The van der Waals surface area contributed by atoms with Crippen molar-refractivity contribution < 1.29 is 14.7 Å². The number of benzene rings is 2. The molecule has 0 saturated heterocycles. The fourth-order valence-corrected chi connectivity index (χ4v) is 2.42. The number of carboxylic acid groups (broad SMARTS) is 1. The summed E-state index contributed by atoms with van der Waals surface area (Å²) in [5.74, 6) is -2.71. The molecule has 0 fully saturated rings. The number of carbonyl (C=O) groups is 2. The maximum Gasteiger partial charge on any atom is 0.316 e. The zero-order chi connectivity index (χ0) is 15.6. The molecule has 0 aliphatic rings. The van der Waals surface area contributed by atoms with Crippen LogP contribution >= 0.6 is 0 Å². The van der Waals surface area contributed by atoms with E-state index in [4.69, 9.17) is 0 Å². The number of carboxylic acids is 1. The van der Waals surface area contributed by atoms with Gasteiger partial charge in [-0.2, -0.15) is 0 Å². The molecule has 4 heteroatoms. The van der Waals surface area contributed by atoms with Crippen molar-refractivity contribution in [2.24, 2.45) is 11.3 Å². The van der Waals surface area contributed by atoms with Gasteiger partial charge in [0, 0.05) is 11.1 Å². The molecule has 21 heavy (non-hydrogen) atoms. The second-order valence-electron chi connectivity index (χ2n) is 6.15.